The molecule has 1 N–H and O–H groups in total. The summed E-state index contributed by atoms with van der Waals surface area (Å²) < 4.78 is 4.82. The van der Waals surface area contributed by atoms with E-state index in [0.717, 1.165) is 0 Å². The Hall–Kier alpha value is -2.66. The van der Waals surface area contributed by atoms with E-state index in [1.165, 1.54) is 12.0 Å². The number of anilines is 1. The highest BCUT2D eigenvalue weighted by Gasteiger charge is 2.55. The third kappa shape index (κ3) is 2.12. The average Bonchev–Trinajstić information content (AvgIpc) is 2.86. The van der Waals surface area contributed by atoms with Gasteiger partial charge in [0, 0.05) is 12.7 Å². The van der Waals surface area contributed by atoms with Crippen LogP contribution >= 0.6 is 0 Å². The van der Waals surface area contributed by atoms with Gasteiger partial charge in [0.15, 0.2) is 0 Å². The van der Waals surface area contributed by atoms with Crippen LogP contribution in [0.3, 0.4) is 0 Å². The van der Waals surface area contributed by atoms with Crippen molar-refractivity contribution in [2.75, 3.05) is 19.1 Å². The maximum absolute atomic E-state index is 12.8. The fourth-order valence-corrected chi connectivity index (χ4v) is 3.14. The first-order valence-corrected chi connectivity index (χ1v) is 7.24. The first-order chi connectivity index (χ1) is 11.0. The lowest BCUT2D eigenvalue weighted by atomic mass is 9.78. The number of carbonyl (C=O) groups is 2. The molecule has 23 heavy (non-hydrogen) atoms. The third-order valence-corrected chi connectivity index (χ3v) is 4.31. The van der Waals surface area contributed by atoms with E-state index in [0.29, 0.717) is 16.8 Å². The topological polar surface area (TPSA) is 66.8 Å². The minimum Gasteiger partial charge on any atom is -0.467 e. The molecule has 5 heteroatoms. The highest BCUT2D eigenvalue weighted by molar-refractivity contribution is 6.08. The second-order valence-corrected chi connectivity index (χ2v) is 5.51. The molecule has 118 valence electrons. The maximum Gasteiger partial charge on any atom is 0.343 e. The van der Waals surface area contributed by atoms with Crippen LogP contribution in [0.2, 0.25) is 0 Å². The molecule has 0 unspecified atom stereocenters. The SMILES string of the molecule is COC(=O)[C@](O)(c1ccccc1)[C@H]1C(=O)N(C)c2ccccc21. The summed E-state index contributed by atoms with van der Waals surface area (Å²) in [5, 5.41) is 11.3. The van der Waals surface area contributed by atoms with E-state index < -0.39 is 17.5 Å². The van der Waals surface area contributed by atoms with Crippen molar-refractivity contribution in [2.45, 2.75) is 11.5 Å². The highest BCUT2D eigenvalue weighted by Crippen LogP contribution is 2.47. The number of carbonyl (C=O) groups excluding carboxylic acids is 2. The molecule has 0 aromatic heterocycles. The van der Waals surface area contributed by atoms with Gasteiger partial charge in [-0.2, -0.15) is 0 Å². The molecule has 0 bridgehead atoms. The lowest BCUT2D eigenvalue weighted by molar-refractivity contribution is -0.168. The number of methoxy groups -OCH3 is 1. The molecule has 1 aliphatic heterocycles. The Morgan fingerprint density at radius 3 is 2.39 bits per heavy atom. The second kappa shape index (κ2) is 5.52. The predicted molar refractivity (Wildman–Crippen MR) is 84.9 cm³/mol. The van der Waals surface area contributed by atoms with Gasteiger partial charge in [-0.05, 0) is 17.2 Å². The van der Waals surface area contributed by atoms with Crippen molar-refractivity contribution in [3.63, 3.8) is 0 Å². The van der Waals surface area contributed by atoms with Crippen molar-refractivity contribution < 1.29 is 19.4 Å². The summed E-state index contributed by atoms with van der Waals surface area (Å²) in [6.07, 6.45) is 0. The summed E-state index contributed by atoms with van der Waals surface area (Å²) in [5.74, 6) is -2.24. The molecule has 1 heterocycles. The zero-order chi connectivity index (χ0) is 16.6. The molecule has 0 saturated heterocycles. The van der Waals surface area contributed by atoms with Crippen LogP contribution in [0.4, 0.5) is 5.69 Å². The monoisotopic (exact) mass is 311 g/mol. The van der Waals surface area contributed by atoms with Gasteiger partial charge in [-0.15, -0.1) is 0 Å². The summed E-state index contributed by atoms with van der Waals surface area (Å²) in [6.45, 7) is 0. The number of esters is 1. The molecule has 5 nitrogen and oxygen atoms in total. The van der Waals surface area contributed by atoms with Crippen LogP contribution in [0.5, 0.6) is 0 Å². The smallest absolute Gasteiger partial charge is 0.343 e. The van der Waals surface area contributed by atoms with Gasteiger partial charge in [-0.25, -0.2) is 4.79 Å². The van der Waals surface area contributed by atoms with Gasteiger partial charge in [-0.1, -0.05) is 48.5 Å². The molecule has 1 aliphatic rings. The van der Waals surface area contributed by atoms with Crippen LogP contribution in [-0.2, 0) is 19.9 Å². The fourth-order valence-electron chi connectivity index (χ4n) is 3.14. The Kier molecular flexibility index (Phi) is 3.66. The predicted octanol–water partition coefficient (Wildman–Crippen LogP) is 1.81. The van der Waals surface area contributed by atoms with Crippen LogP contribution in [-0.4, -0.2) is 31.1 Å². The summed E-state index contributed by atoms with van der Waals surface area (Å²) in [7, 11) is 2.83. The van der Waals surface area contributed by atoms with Crippen LogP contribution in [0.15, 0.2) is 54.6 Å². The van der Waals surface area contributed by atoms with Gasteiger partial charge in [0.25, 0.3) is 0 Å². The second-order valence-electron chi connectivity index (χ2n) is 5.51. The molecule has 0 fully saturated rings. The van der Waals surface area contributed by atoms with Gasteiger partial charge in [-0.3, -0.25) is 4.79 Å². The summed E-state index contributed by atoms with van der Waals surface area (Å²) in [6, 6.07) is 15.5. The van der Waals surface area contributed by atoms with Crippen molar-refractivity contribution in [3.8, 4) is 0 Å². The molecule has 2 atom stereocenters. The zero-order valence-corrected chi connectivity index (χ0v) is 12.9. The van der Waals surface area contributed by atoms with Crippen molar-refractivity contribution in [3.05, 3.63) is 65.7 Å². The van der Waals surface area contributed by atoms with Crippen molar-refractivity contribution in [2.24, 2.45) is 0 Å². The number of fused-ring (bicyclic) bond motifs is 1. The quantitative estimate of drug-likeness (QED) is 0.878. The number of para-hydroxylation sites is 1. The number of ether oxygens (including phenoxy) is 1. The molecular weight excluding hydrogens is 294 g/mol. The average molecular weight is 311 g/mol. The molecule has 0 radical (unpaired) electrons. The van der Waals surface area contributed by atoms with E-state index in [4.69, 9.17) is 4.74 Å². The van der Waals surface area contributed by atoms with E-state index in [2.05, 4.69) is 0 Å². The maximum atomic E-state index is 12.8. The van der Waals surface area contributed by atoms with Crippen molar-refractivity contribution in [1.82, 2.24) is 0 Å². The Morgan fingerprint density at radius 1 is 1.13 bits per heavy atom. The van der Waals surface area contributed by atoms with Gasteiger partial charge < -0.3 is 14.7 Å². The van der Waals surface area contributed by atoms with Crippen LogP contribution in [0, 0.1) is 0 Å². The van der Waals surface area contributed by atoms with Crippen molar-refractivity contribution >= 4 is 17.6 Å². The minimum atomic E-state index is -2.08. The molecule has 0 aliphatic carbocycles. The molecule has 3 rings (SSSR count). The first kappa shape index (κ1) is 15.2. The number of nitrogens with zero attached hydrogens (tertiary/aromatic N) is 1. The molecule has 2 aromatic carbocycles. The Morgan fingerprint density at radius 2 is 1.74 bits per heavy atom. The highest BCUT2D eigenvalue weighted by atomic mass is 16.5. The number of hydrogen-bond donors (Lipinski definition) is 1. The number of amides is 1. The zero-order valence-electron chi connectivity index (χ0n) is 12.9. The molecule has 0 saturated carbocycles. The number of likely N-dealkylation sites (N-methyl/N-ethyl adjacent to an activating group) is 1. The van der Waals surface area contributed by atoms with Crippen LogP contribution in [0.25, 0.3) is 0 Å². The lowest BCUT2D eigenvalue weighted by Gasteiger charge is -2.30. The van der Waals surface area contributed by atoms with Gasteiger partial charge in [0.05, 0.1) is 7.11 Å². The molecule has 0 spiro atoms. The Bertz CT molecular complexity index is 759. The lowest BCUT2D eigenvalue weighted by Crippen LogP contribution is -2.46. The number of aliphatic hydroxyl groups is 1. The minimum absolute atomic E-state index is 0.329. The Labute approximate surface area is 134 Å². The largest absolute Gasteiger partial charge is 0.467 e. The number of hydrogen-bond acceptors (Lipinski definition) is 4. The summed E-state index contributed by atoms with van der Waals surface area (Å²) in [4.78, 5) is 26.7. The first-order valence-electron chi connectivity index (χ1n) is 7.24. The van der Waals surface area contributed by atoms with E-state index in [-0.39, 0.29) is 5.91 Å². The van der Waals surface area contributed by atoms with Crippen molar-refractivity contribution in [1.29, 1.82) is 0 Å². The van der Waals surface area contributed by atoms with E-state index in [1.807, 2.05) is 6.07 Å². The van der Waals surface area contributed by atoms with Crippen LogP contribution in [0.1, 0.15) is 17.0 Å². The third-order valence-electron chi connectivity index (χ3n) is 4.31. The van der Waals surface area contributed by atoms with Gasteiger partial charge in [0.1, 0.15) is 5.92 Å². The van der Waals surface area contributed by atoms with Crippen LogP contribution < -0.4 is 4.90 Å². The van der Waals surface area contributed by atoms with E-state index >= 15 is 0 Å². The molecular formula is C18H17NO4. The Balaban J connectivity index is 2.23. The molecule has 1 amide bonds. The number of benzene rings is 2. The standard InChI is InChI=1S/C18H17NO4/c1-19-14-11-7-6-10-13(14)15(16(19)20)18(22,17(21)23-2)12-8-4-3-5-9-12/h3-11,15,22H,1-2H3/t15-,18+/m1/s1. The number of rotatable bonds is 3. The fraction of sp³-hybridized carbons (Fsp3) is 0.222. The van der Waals surface area contributed by atoms with E-state index in [1.54, 1.807) is 55.6 Å². The van der Waals surface area contributed by atoms with Gasteiger partial charge >= 0.3 is 5.97 Å². The normalized spacial score (nSPS) is 19.2. The summed E-state index contributed by atoms with van der Waals surface area (Å²) >= 11 is 0. The van der Waals surface area contributed by atoms with Gasteiger partial charge in [0.2, 0.25) is 11.5 Å². The molecule has 2 aromatic rings. The van der Waals surface area contributed by atoms with E-state index in [9.17, 15) is 14.7 Å². The summed E-state index contributed by atoms with van der Waals surface area (Å²) in [5.41, 5.74) is -0.457.